The number of hydrogen-bond donors (Lipinski definition) is 2. The smallest absolute Gasteiger partial charge is 0.223 e. The van der Waals surface area contributed by atoms with E-state index in [0.717, 1.165) is 12.1 Å². The van der Waals surface area contributed by atoms with Gasteiger partial charge in [-0.1, -0.05) is 6.07 Å². The molecule has 0 atom stereocenters. The number of rotatable bonds is 7. The van der Waals surface area contributed by atoms with Gasteiger partial charge in [0.25, 0.3) is 0 Å². The van der Waals surface area contributed by atoms with Crippen LogP contribution in [0.15, 0.2) is 18.2 Å². The fourth-order valence-corrected chi connectivity index (χ4v) is 1.71. The summed E-state index contributed by atoms with van der Waals surface area (Å²) in [4.78, 5) is 13.1. The summed E-state index contributed by atoms with van der Waals surface area (Å²) in [5.41, 5.74) is 0.528. The second-order valence-corrected chi connectivity index (χ2v) is 4.08. The van der Waals surface area contributed by atoms with Crippen molar-refractivity contribution in [1.29, 1.82) is 0 Å². The minimum absolute atomic E-state index is 0.116. The molecule has 1 amide bonds. The maximum atomic E-state index is 13.0. The summed E-state index contributed by atoms with van der Waals surface area (Å²) in [6.45, 7) is -0.0673. The van der Waals surface area contributed by atoms with Crippen LogP contribution in [0.1, 0.15) is 12.0 Å². The standard InChI is InChI=1S/C13H17F2NO3/c14-11-3-1-10(9-12(11)15)2-4-13(19)16(5-7-17)6-8-18/h1,3,9,17-18H,2,4-8H2. The van der Waals surface area contributed by atoms with Gasteiger partial charge in [-0.25, -0.2) is 8.78 Å². The highest BCUT2D eigenvalue weighted by Gasteiger charge is 2.12. The lowest BCUT2D eigenvalue weighted by Crippen LogP contribution is -2.35. The Hall–Kier alpha value is -1.53. The van der Waals surface area contributed by atoms with Gasteiger partial charge in [0.2, 0.25) is 5.91 Å². The fraction of sp³-hybridized carbons (Fsp3) is 0.462. The second kappa shape index (κ2) is 7.81. The highest BCUT2D eigenvalue weighted by atomic mass is 19.2. The molecule has 0 spiro atoms. The van der Waals surface area contributed by atoms with Gasteiger partial charge in [0, 0.05) is 19.5 Å². The maximum Gasteiger partial charge on any atom is 0.223 e. The highest BCUT2D eigenvalue weighted by Crippen LogP contribution is 2.11. The average molecular weight is 273 g/mol. The molecule has 2 N–H and O–H groups in total. The Morgan fingerprint density at radius 1 is 1.11 bits per heavy atom. The van der Waals surface area contributed by atoms with E-state index >= 15 is 0 Å². The van der Waals surface area contributed by atoms with Crippen molar-refractivity contribution in [2.75, 3.05) is 26.3 Å². The predicted molar refractivity (Wildman–Crippen MR) is 65.4 cm³/mol. The quantitative estimate of drug-likeness (QED) is 0.769. The van der Waals surface area contributed by atoms with E-state index in [1.807, 2.05) is 0 Å². The van der Waals surface area contributed by atoms with Gasteiger partial charge in [0.1, 0.15) is 0 Å². The van der Waals surface area contributed by atoms with Gasteiger partial charge in [-0.2, -0.15) is 0 Å². The summed E-state index contributed by atoms with van der Waals surface area (Å²) in [5.74, 6) is -2.10. The lowest BCUT2D eigenvalue weighted by atomic mass is 10.1. The van der Waals surface area contributed by atoms with Gasteiger partial charge in [0.15, 0.2) is 11.6 Å². The first-order valence-electron chi connectivity index (χ1n) is 6.02. The van der Waals surface area contributed by atoms with Crippen LogP contribution in [0.5, 0.6) is 0 Å². The van der Waals surface area contributed by atoms with Gasteiger partial charge >= 0.3 is 0 Å². The van der Waals surface area contributed by atoms with E-state index in [-0.39, 0.29) is 45.1 Å². The van der Waals surface area contributed by atoms with Crippen molar-refractivity contribution >= 4 is 5.91 Å². The van der Waals surface area contributed by atoms with Gasteiger partial charge in [-0.15, -0.1) is 0 Å². The third-order valence-electron chi connectivity index (χ3n) is 2.70. The number of amides is 1. The summed E-state index contributed by atoms with van der Waals surface area (Å²) in [6, 6.07) is 3.51. The monoisotopic (exact) mass is 273 g/mol. The first kappa shape index (κ1) is 15.5. The Bertz CT molecular complexity index is 420. The minimum Gasteiger partial charge on any atom is -0.395 e. The number of aliphatic hydroxyl groups excluding tert-OH is 2. The van der Waals surface area contributed by atoms with Gasteiger partial charge in [0.05, 0.1) is 13.2 Å². The molecule has 6 heteroatoms. The van der Waals surface area contributed by atoms with Crippen LogP contribution in [0.3, 0.4) is 0 Å². The fourth-order valence-electron chi connectivity index (χ4n) is 1.71. The first-order valence-corrected chi connectivity index (χ1v) is 6.02. The molecule has 0 fully saturated rings. The number of carbonyl (C=O) groups is 1. The molecule has 4 nitrogen and oxygen atoms in total. The zero-order chi connectivity index (χ0) is 14.3. The van der Waals surface area contributed by atoms with E-state index in [1.54, 1.807) is 0 Å². The zero-order valence-corrected chi connectivity index (χ0v) is 10.5. The van der Waals surface area contributed by atoms with Gasteiger partial charge in [-0.05, 0) is 24.1 Å². The molecule has 0 aliphatic carbocycles. The molecule has 0 saturated carbocycles. The maximum absolute atomic E-state index is 13.0. The Morgan fingerprint density at radius 3 is 2.26 bits per heavy atom. The molecule has 0 saturated heterocycles. The van der Waals surface area contributed by atoms with E-state index < -0.39 is 11.6 Å². The summed E-state index contributed by atoms with van der Waals surface area (Å²) in [5, 5.41) is 17.6. The van der Waals surface area contributed by atoms with Crippen LogP contribution in [-0.2, 0) is 11.2 Å². The number of nitrogens with zero attached hydrogens (tertiary/aromatic N) is 1. The van der Waals surface area contributed by atoms with Crippen LogP contribution < -0.4 is 0 Å². The van der Waals surface area contributed by atoms with Crippen LogP contribution in [0.2, 0.25) is 0 Å². The van der Waals surface area contributed by atoms with Crippen LogP contribution in [0.4, 0.5) is 8.78 Å². The third-order valence-corrected chi connectivity index (χ3v) is 2.70. The third kappa shape index (κ3) is 4.92. The summed E-state index contributed by atoms with van der Waals surface area (Å²) in [7, 11) is 0. The molecule has 0 aliphatic rings. The van der Waals surface area contributed by atoms with E-state index in [2.05, 4.69) is 0 Å². The number of benzene rings is 1. The molecular formula is C13H17F2NO3. The van der Waals surface area contributed by atoms with Crippen molar-refractivity contribution in [3.8, 4) is 0 Å². The molecule has 1 rings (SSSR count). The number of halogens is 2. The molecule has 0 heterocycles. The number of aliphatic hydroxyl groups is 2. The molecule has 1 aromatic rings. The molecule has 0 bridgehead atoms. The summed E-state index contributed by atoms with van der Waals surface area (Å²) >= 11 is 0. The second-order valence-electron chi connectivity index (χ2n) is 4.08. The lowest BCUT2D eigenvalue weighted by Gasteiger charge is -2.20. The van der Waals surface area contributed by atoms with Crippen LogP contribution in [-0.4, -0.2) is 47.3 Å². The Labute approximate surface area is 110 Å². The average Bonchev–Trinajstić information content (AvgIpc) is 2.39. The number of aryl methyl sites for hydroxylation is 1. The summed E-state index contributed by atoms with van der Waals surface area (Å²) in [6.07, 6.45) is 0.397. The van der Waals surface area contributed by atoms with Crippen molar-refractivity contribution in [2.24, 2.45) is 0 Å². The normalized spacial score (nSPS) is 10.5. The molecular weight excluding hydrogens is 256 g/mol. The van der Waals surface area contributed by atoms with Crippen molar-refractivity contribution < 1.29 is 23.8 Å². The van der Waals surface area contributed by atoms with Crippen LogP contribution >= 0.6 is 0 Å². The number of carbonyl (C=O) groups excluding carboxylic acids is 1. The van der Waals surface area contributed by atoms with Crippen molar-refractivity contribution in [2.45, 2.75) is 12.8 Å². The lowest BCUT2D eigenvalue weighted by molar-refractivity contribution is -0.132. The summed E-state index contributed by atoms with van der Waals surface area (Å²) < 4.78 is 25.7. The molecule has 1 aromatic carbocycles. The van der Waals surface area contributed by atoms with E-state index in [4.69, 9.17) is 10.2 Å². The van der Waals surface area contributed by atoms with E-state index in [9.17, 15) is 13.6 Å². The molecule has 0 aromatic heterocycles. The minimum atomic E-state index is -0.937. The molecule has 19 heavy (non-hydrogen) atoms. The van der Waals surface area contributed by atoms with E-state index in [1.165, 1.54) is 11.0 Å². The molecule has 106 valence electrons. The Kier molecular flexibility index (Phi) is 6.38. The Morgan fingerprint density at radius 2 is 1.74 bits per heavy atom. The van der Waals surface area contributed by atoms with Crippen LogP contribution in [0, 0.1) is 11.6 Å². The van der Waals surface area contributed by atoms with E-state index in [0.29, 0.717) is 5.56 Å². The molecule has 0 unspecified atom stereocenters. The van der Waals surface area contributed by atoms with Gasteiger partial charge < -0.3 is 15.1 Å². The zero-order valence-electron chi connectivity index (χ0n) is 10.5. The van der Waals surface area contributed by atoms with Crippen molar-refractivity contribution in [1.82, 2.24) is 4.90 Å². The van der Waals surface area contributed by atoms with Crippen LogP contribution in [0.25, 0.3) is 0 Å². The Balaban J connectivity index is 2.54. The topological polar surface area (TPSA) is 60.8 Å². The van der Waals surface area contributed by atoms with Crippen molar-refractivity contribution in [3.05, 3.63) is 35.4 Å². The number of hydrogen-bond acceptors (Lipinski definition) is 3. The predicted octanol–water partition coefficient (Wildman–Crippen LogP) is 0.711. The van der Waals surface area contributed by atoms with Crippen molar-refractivity contribution in [3.63, 3.8) is 0 Å². The highest BCUT2D eigenvalue weighted by molar-refractivity contribution is 5.76. The van der Waals surface area contributed by atoms with Gasteiger partial charge in [-0.3, -0.25) is 4.79 Å². The SMILES string of the molecule is O=C(CCc1ccc(F)c(F)c1)N(CCO)CCO. The first-order chi connectivity index (χ1) is 9.08. The molecule has 0 radical (unpaired) electrons. The largest absolute Gasteiger partial charge is 0.395 e. The molecule has 0 aliphatic heterocycles.